The Labute approximate surface area is 203 Å². The molecule has 1 saturated carbocycles. The minimum atomic E-state index is -0.299. The minimum Gasteiger partial charge on any atom is -0.353 e. The highest BCUT2D eigenvalue weighted by atomic mass is 16.2. The van der Waals surface area contributed by atoms with E-state index >= 15 is 0 Å². The number of hydrogen-bond acceptors (Lipinski definition) is 6. The van der Waals surface area contributed by atoms with E-state index in [2.05, 4.69) is 26.3 Å². The maximum Gasteiger partial charge on any atom is 0.245 e. The van der Waals surface area contributed by atoms with E-state index in [0.29, 0.717) is 17.4 Å². The SMILES string of the molecule is O=C(CCC(=O)NC1CCCCCC1)NNc1nc2ccccc2c2nc(-c3ccccc3)nn12. The van der Waals surface area contributed by atoms with Crippen molar-refractivity contribution in [2.45, 2.75) is 57.4 Å². The number of para-hydroxylation sites is 1. The second kappa shape index (κ2) is 10.5. The molecule has 2 heterocycles. The molecule has 4 aromatic rings. The quantitative estimate of drug-likeness (QED) is 0.277. The average molecular weight is 472 g/mol. The first-order valence-electron chi connectivity index (χ1n) is 12.2. The Kier molecular flexibility index (Phi) is 6.83. The fraction of sp³-hybridized carbons (Fsp3) is 0.346. The summed E-state index contributed by atoms with van der Waals surface area (Å²) in [4.78, 5) is 34.1. The molecule has 0 unspecified atom stereocenters. The standard InChI is InChI=1S/C26H29N7O2/c34-22(27-19-12-6-1-2-7-13-19)16-17-23(35)30-31-26-28-21-15-9-8-14-20(21)25-29-24(32-33(25)26)18-10-4-3-5-11-18/h3-5,8-11,14-15,19H,1-2,6-7,12-13,16-17H2,(H,27,34)(H,28,31)(H,30,35). The van der Waals surface area contributed by atoms with Crippen molar-refractivity contribution in [1.29, 1.82) is 0 Å². The fourth-order valence-corrected chi connectivity index (χ4v) is 4.48. The maximum absolute atomic E-state index is 12.5. The second-order valence-electron chi connectivity index (χ2n) is 8.92. The van der Waals surface area contributed by atoms with Gasteiger partial charge in [-0.15, -0.1) is 5.10 Å². The van der Waals surface area contributed by atoms with Gasteiger partial charge in [-0.1, -0.05) is 68.1 Å². The molecule has 35 heavy (non-hydrogen) atoms. The lowest BCUT2D eigenvalue weighted by Gasteiger charge is -2.16. The molecule has 0 spiro atoms. The summed E-state index contributed by atoms with van der Waals surface area (Å²) in [6, 6.07) is 17.6. The Morgan fingerprint density at radius 1 is 0.857 bits per heavy atom. The third kappa shape index (κ3) is 5.40. The van der Waals surface area contributed by atoms with E-state index < -0.39 is 0 Å². The number of hydrogen-bond donors (Lipinski definition) is 3. The van der Waals surface area contributed by atoms with Gasteiger partial charge in [-0.05, 0) is 25.0 Å². The van der Waals surface area contributed by atoms with Gasteiger partial charge in [0, 0.05) is 29.8 Å². The summed E-state index contributed by atoms with van der Waals surface area (Å²) < 4.78 is 1.59. The number of carbonyl (C=O) groups excluding carboxylic acids is 2. The summed E-state index contributed by atoms with van der Waals surface area (Å²) in [6.45, 7) is 0. The van der Waals surface area contributed by atoms with E-state index in [1.165, 1.54) is 12.8 Å². The molecule has 2 aromatic carbocycles. The molecule has 1 fully saturated rings. The van der Waals surface area contributed by atoms with Crippen molar-refractivity contribution in [3.63, 3.8) is 0 Å². The van der Waals surface area contributed by atoms with E-state index in [1.54, 1.807) is 4.52 Å². The number of rotatable bonds is 7. The van der Waals surface area contributed by atoms with Gasteiger partial charge >= 0.3 is 0 Å². The molecule has 0 aliphatic heterocycles. The molecule has 9 nitrogen and oxygen atoms in total. The molecule has 180 valence electrons. The molecule has 5 rings (SSSR count). The number of anilines is 1. The van der Waals surface area contributed by atoms with Gasteiger partial charge in [0.05, 0.1) is 5.52 Å². The van der Waals surface area contributed by atoms with Crippen LogP contribution in [0.15, 0.2) is 54.6 Å². The molecular weight excluding hydrogens is 442 g/mol. The highest BCUT2D eigenvalue weighted by Gasteiger charge is 2.17. The van der Waals surface area contributed by atoms with Crippen molar-refractivity contribution in [3.05, 3.63) is 54.6 Å². The molecule has 3 N–H and O–H groups in total. The van der Waals surface area contributed by atoms with E-state index in [9.17, 15) is 9.59 Å². The minimum absolute atomic E-state index is 0.0783. The van der Waals surface area contributed by atoms with Gasteiger partial charge in [0.15, 0.2) is 11.5 Å². The Balaban J connectivity index is 1.27. The first kappa shape index (κ1) is 22.8. The van der Waals surface area contributed by atoms with Crippen molar-refractivity contribution < 1.29 is 9.59 Å². The zero-order valence-corrected chi connectivity index (χ0v) is 19.5. The lowest BCUT2D eigenvalue weighted by molar-refractivity contribution is -0.126. The van der Waals surface area contributed by atoms with E-state index in [-0.39, 0.29) is 30.7 Å². The van der Waals surface area contributed by atoms with Crippen LogP contribution >= 0.6 is 0 Å². The number of aromatic nitrogens is 4. The lowest BCUT2D eigenvalue weighted by atomic mass is 10.1. The van der Waals surface area contributed by atoms with Crippen LogP contribution in [0.2, 0.25) is 0 Å². The van der Waals surface area contributed by atoms with Crippen LogP contribution in [0, 0.1) is 0 Å². The number of nitrogens with one attached hydrogen (secondary N) is 3. The first-order valence-corrected chi connectivity index (χ1v) is 12.2. The number of benzene rings is 2. The third-order valence-corrected chi connectivity index (χ3v) is 6.32. The summed E-state index contributed by atoms with van der Waals surface area (Å²) in [6.07, 6.45) is 7.02. The van der Waals surface area contributed by atoms with Gasteiger partial charge in [0.2, 0.25) is 17.8 Å². The predicted molar refractivity (Wildman–Crippen MR) is 134 cm³/mol. The lowest BCUT2D eigenvalue weighted by Crippen LogP contribution is -2.36. The molecule has 0 radical (unpaired) electrons. The zero-order valence-electron chi connectivity index (χ0n) is 19.5. The van der Waals surface area contributed by atoms with Crippen LogP contribution in [0.1, 0.15) is 51.4 Å². The molecule has 2 aromatic heterocycles. The highest BCUT2D eigenvalue weighted by Crippen LogP contribution is 2.24. The van der Waals surface area contributed by atoms with Crippen LogP contribution in [-0.2, 0) is 9.59 Å². The van der Waals surface area contributed by atoms with Gasteiger partial charge in [-0.2, -0.15) is 4.52 Å². The Morgan fingerprint density at radius 2 is 1.57 bits per heavy atom. The van der Waals surface area contributed by atoms with Gasteiger partial charge in [-0.25, -0.2) is 9.97 Å². The Bertz CT molecular complexity index is 1330. The number of hydrazine groups is 1. The number of nitrogens with zero attached hydrogens (tertiary/aromatic N) is 4. The van der Waals surface area contributed by atoms with Crippen molar-refractivity contribution in [3.8, 4) is 11.4 Å². The molecule has 9 heteroatoms. The Morgan fingerprint density at radius 3 is 2.37 bits per heavy atom. The molecule has 0 bridgehead atoms. The Hall–Kier alpha value is -4.01. The van der Waals surface area contributed by atoms with Crippen LogP contribution < -0.4 is 16.2 Å². The maximum atomic E-state index is 12.5. The van der Waals surface area contributed by atoms with Gasteiger partial charge in [0.1, 0.15) is 0 Å². The van der Waals surface area contributed by atoms with Crippen LogP contribution in [0.4, 0.5) is 5.95 Å². The second-order valence-corrected chi connectivity index (χ2v) is 8.92. The summed E-state index contributed by atoms with van der Waals surface area (Å²) in [7, 11) is 0. The third-order valence-electron chi connectivity index (χ3n) is 6.32. The number of carbonyl (C=O) groups is 2. The van der Waals surface area contributed by atoms with Gasteiger partial charge in [-0.3, -0.25) is 20.4 Å². The summed E-state index contributed by atoms with van der Waals surface area (Å²) in [5.41, 5.74) is 7.78. The number of fused-ring (bicyclic) bond motifs is 3. The molecule has 2 amide bonds. The van der Waals surface area contributed by atoms with E-state index in [0.717, 1.165) is 42.1 Å². The molecule has 0 atom stereocenters. The van der Waals surface area contributed by atoms with E-state index in [1.807, 2.05) is 54.6 Å². The molecule has 1 aliphatic rings. The topological polar surface area (TPSA) is 113 Å². The molecule has 1 aliphatic carbocycles. The normalized spacial score (nSPS) is 14.5. The van der Waals surface area contributed by atoms with Crippen LogP contribution in [-0.4, -0.2) is 37.4 Å². The summed E-state index contributed by atoms with van der Waals surface area (Å²) in [5.74, 6) is 0.521. The van der Waals surface area contributed by atoms with E-state index in [4.69, 9.17) is 4.98 Å². The monoisotopic (exact) mass is 471 g/mol. The molecular formula is C26H29N7O2. The van der Waals surface area contributed by atoms with Crippen molar-refractivity contribution in [2.75, 3.05) is 5.43 Å². The number of amides is 2. The first-order chi connectivity index (χ1) is 17.2. The van der Waals surface area contributed by atoms with Crippen LogP contribution in [0.25, 0.3) is 27.9 Å². The predicted octanol–water partition coefficient (Wildman–Crippen LogP) is 4.01. The van der Waals surface area contributed by atoms with Crippen molar-refractivity contribution in [1.82, 2.24) is 30.3 Å². The highest BCUT2D eigenvalue weighted by molar-refractivity contribution is 5.93. The smallest absolute Gasteiger partial charge is 0.245 e. The molecule has 0 saturated heterocycles. The van der Waals surface area contributed by atoms with Crippen LogP contribution in [0.5, 0.6) is 0 Å². The average Bonchev–Trinajstić information content (AvgIpc) is 3.19. The zero-order chi connectivity index (χ0) is 24.0. The van der Waals surface area contributed by atoms with Crippen molar-refractivity contribution in [2.24, 2.45) is 0 Å². The fourth-order valence-electron chi connectivity index (χ4n) is 4.48. The van der Waals surface area contributed by atoms with Crippen LogP contribution in [0.3, 0.4) is 0 Å². The van der Waals surface area contributed by atoms with Crippen molar-refractivity contribution >= 4 is 34.3 Å². The van der Waals surface area contributed by atoms with Gasteiger partial charge in [0.25, 0.3) is 0 Å². The van der Waals surface area contributed by atoms with Gasteiger partial charge < -0.3 is 5.32 Å². The summed E-state index contributed by atoms with van der Waals surface area (Å²) >= 11 is 0. The largest absolute Gasteiger partial charge is 0.353 e. The summed E-state index contributed by atoms with van der Waals surface area (Å²) in [5, 5.41) is 8.56.